The molecule has 1 N–H and O–H groups in total. The molecule has 3 aromatic heterocycles. The van der Waals surface area contributed by atoms with E-state index in [0.717, 1.165) is 22.7 Å². The summed E-state index contributed by atoms with van der Waals surface area (Å²) < 4.78 is 39.9. The van der Waals surface area contributed by atoms with Crippen molar-refractivity contribution in [2.75, 3.05) is 5.32 Å². The molecule has 4 rings (SSSR count). The molecule has 1 unspecified atom stereocenters. The first-order valence-corrected chi connectivity index (χ1v) is 10.3. The molecule has 0 aliphatic rings. The van der Waals surface area contributed by atoms with Crippen LogP contribution in [0.25, 0.3) is 5.65 Å². The van der Waals surface area contributed by atoms with Crippen LogP contribution in [0.2, 0.25) is 0 Å². The number of anilines is 2. The van der Waals surface area contributed by atoms with E-state index < -0.39 is 11.7 Å². The van der Waals surface area contributed by atoms with E-state index in [4.69, 9.17) is 0 Å². The first-order chi connectivity index (χ1) is 14.7. The van der Waals surface area contributed by atoms with E-state index in [1.54, 1.807) is 24.8 Å². The Labute approximate surface area is 179 Å². The number of ketones is 1. The molecule has 0 saturated carbocycles. The zero-order chi connectivity index (χ0) is 22.2. The summed E-state index contributed by atoms with van der Waals surface area (Å²) in [5, 5.41) is 3.54. The molecule has 4 aromatic rings. The van der Waals surface area contributed by atoms with Gasteiger partial charge in [0, 0.05) is 41.3 Å². The predicted molar refractivity (Wildman–Crippen MR) is 112 cm³/mol. The monoisotopic (exact) mass is 445 g/mol. The van der Waals surface area contributed by atoms with E-state index in [9.17, 15) is 18.0 Å². The zero-order valence-electron chi connectivity index (χ0n) is 16.6. The van der Waals surface area contributed by atoms with Crippen molar-refractivity contribution in [2.45, 2.75) is 32.4 Å². The molecule has 0 amide bonds. The van der Waals surface area contributed by atoms with Crippen molar-refractivity contribution in [1.82, 2.24) is 19.4 Å². The summed E-state index contributed by atoms with van der Waals surface area (Å²) in [5.74, 6) is -0.178. The van der Waals surface area contributed by atoms with E-state index in [-0.39, 0.29) is 18.1 Å². The first kappa shape index (κ1) is 21.0. The lowest BCUT2D eigenvalue weighted by Crippen LogP contribution is -2.08. The average Bonchev–Trinajstić information content (AvgIpc) is 3.34. The Hall–Kier alpha value is -3.27. The third kappa shape index (κ3) is 4.58. The summed E-state index contributed by atoms with van der Waals surface area (Å²) in [6, 6.07) is 4.75. The summed E-state index contributed by atoms with van der Waals surface area (Å²) in [7, 11) is 0. The molecule has 0 radical (unpaired) electrons. The quantitative estimate of drug-likeness (QED) is 0.389. The van der Waals surface area contributed by atoms with Gasteiger partial charge in [0.1, 0.15) is 5.69 Å². The molecular weight excluding hydrogens is 427 g/mol. The van der Waals surface area contributed by atoms with Gasteiger partial charge in [0.15, 0.2) is 16.6 Å². The summed E-state index contributed by atoms with van der Waals surface area (Å²) in [4.78, 5) is 26.3. The molecule has 10 heteroatoms. The van der Waals surface area contributed by atoms with Gasteiger partial charge >= 0.3 is 6.18 Å². The van der Waals surface area contributed by atoms with Gasteiger partial charge < -0.3 is 9.72 Å². The molecule has 0 aliphatic heterocycles. The fourth-order valence-electron chi connectivity index (χ4n) is 3.08. The van der Waals surface area contributed by atoms with Gasteiger partial charge in [-0.25, -0.2) is 15.0 Å². The molecule has 1 atom stereocenters. The number of benzene rings is 1. The summed E-state index contributed by atoms with van der Waals surface area (Å²) in [6.07, 6.45) is 2.54. The molecule has 0 fully saturated rings. The maximum Gasteiger partial charge on any atom is 0.416 e. The maximum absolute atomic E-state index is 12.7. The summed E-state index contributed by atoms with van der Waals surface area (Å²) in [6.45, 7) is 3.83. The first-order valence-electron chi connectivity index (χ1n) is 9.43. The van der Waals surface area contributed by atoms with Crippen molar-refractivity contribution in [3.63, 3.8) is 0 Å². The number of Topliss-reactive ketones (excluding diaryl/α,β-unsaturated/α-hetero) is 1. The number of nitrogens with zero attached hydrogens (tertiary/aromatic N) is 4. The summed E-state index contributed by atoms with van der Waals surface area (Å²) >= 11 is 1.36. The van der Waals surface area contributed by atoms with Gasteiger partial charge in [0.25, 0.3) is 0 Å². The van der Waals surface area contributed by atoms with Crippen LogP contribution in [-0.4, -0.2) is 25.1 Å². The highest BCUT2D eigenvalue weighted by Gasteiger charge is 2.30. The number of thiazole rings is 1. The van der Waals surface area contributed by atoms with Gasteiger partial charge in [0.05, 0.1) is 11.8 Å². The lowest BCUT2D eigenvalue weighted by molar-refractivity contribution is -0.137. The predicted octanol–water partition coefficient (Wildman–Crippen LogP) is 5.63. The molecule has 3 heterocycles. The minimum Gasteiger partial charge on any atom is -0.332 e. The minimum atomic E-state index is -4.37. The largest absolute Gasteiger partial charge is 0.416 e. The van der Waals surface area contributed by atoms with E-state index in [1.165, 1.54) is 23.5 Å². The molecule has 0 saturated heterocycles. The van der Waals surface area contributed by atoms with Crippen LogP contribution in [-0.2, 0) is 6.18 Å². The van der Waals surface area contributed by atoms with E-state index in [2.05, 4.69) is 20.3 Å². The lowest BCUT2D eigenvalue weighted by atomic mass is 10.0. The van der Waals surface area contributed by atoms with Crippen molar-refractivity contribution in [3.8, 4) is 0 Å². The second kappa shape index (κ2) is 8.10. The number of imidazole rings is 1. The van der Waals surface area contributed by atoms with Crippen LogP contribution >= 0.6 is 11.3 Å². The second-order valence-corrected chi connectivity index (χ2v) is 8.26. The average molecular weight is 445 g/mol. The van der Waals surface area contributed by atoms with Gasteiger partial charge in [-0.1, -0.05) is 6.92 Å². The van der Waals surface area contributed by atoms with Gasteiger partial charge in [-0.15, -0.1) is 11.3 Å². The van der Waals surface area contributed by atoms with Crippen LogP contribution in [0.5, 0.6) is 0 Å². The van der Waals surface area contributed by atoms with Crippen LogP contribution in [0.1, 0.15) is 45.9 Å². The Balaban J connectivity index is 1.42. The number of halogens is 3. The number of hydrogen-bond donors (Lipinski definition) is 1. The number of carbonyl (C=O) groups excluding carboxylic acids is 1. The fraction of sp³-hybridized carbons (Fsp3) is 0.238. The SMILES string of the molecule is Cc1cnc2cnc(C(=O)CC(C)c3cnc(Nc4ccc(C(F)(F)F)cc4)s3)cn12. The number of aromatic nitrogens is 4. The Morgan fingerprint density at radius 2 is 1.87 bits per heavy atom. The Bertz CT molecular complexity index is 1230. The highest BCUT2D eigenvalue weighted by atomic mass is 32.1. The Morgan fingerprint density at radius 1 is 1.13 bits per heavy atom. The van der Waals surface area contributed by atoms with Gasteiger partial charge in [-0.3, -0.25) is 4.79 Å². The number of fused-ring (bicyclic) bond motifs is 1. The number of aryl methyl sites for hydroxylation is 1. The molecule has 0 spiro atoms. The highest BCUT2D eigenvalue weighted by molar-refractivity contribution is 7.15. The molecule has 160 valence electrons. The number of nitrogens with one attached hydrogen (secondary N) is 1. The fourth-order valence-corrected chi connectivity index (χ4v) is 3.96. The molecule has 0 bridgehead atoms. The van der Waals surface area contributed by atoms with Crippen LogP contribution in [0.3, 0.4) is 0 Å². The topological polar surface area (TPSA) is 72.2 Å². The molecular formula is C21H18F3N5OS. The van der Waals surface area contributed by atoms with Crippen molar-refractivity contribution < 1.29 is 18.0 Å². The highest BCUT2D eigenvalue weighted by Crippen LogP contribution is 2.32. The molecule has 1 aromatic carbocycles. The van der Waals surface area contributed by atoms with Crippen LogP contribution in [0.15, 0.2) is 49.1 Å². The molecule has 31 heavy (non-hydrogen) atoms. The lowest BCUT2D eigenvalue weighted by Gasteiger charge is -2.09. The number of alkyl halides is 3. The normalized spacial score (nSPS) is 12.8. The van der Waals surface area contributed by atoms with Gasteiger partial charge in [-0.2, -0.15) is 13.2 Å². The summed E-state index contributed by atoms with van der Waals surface area (Å²) in [5.41, 5.74) is 1.77. The molecule has 0 aliphatic carbocycles. The smallest absolute Gasteiger partial charge is 0.332 e. The van der Waals surface area contributed by atoms with Crippen LogP contribution < -0.4 is 5.32 Å². The van der Waals surface area contributed by atoms with Crippen LogP contribution in [0, 0.1) is 6.92 Å². The van der Waals surface area contributed by atoms with Crippen molar-refractivity contribution in [1.29, 1.82) is 0 Å². The second-order valence-electron chi connectivity index (χ2n) is 7.20. The minimum absolute atomic E-state index is 0.0884. The van der Waals surface area contributed by atoms with Gasteiger partial charge in [-0.05, 0) is 37.1 Å². The third-order valence-electron chi connectivity index (χ3n) is 4.83. The van der Waals surface area contributed by atoms with Crippen molar-refractivity contribution in [2.24, 2.45) is 0 Å². The number of rotatable bonds is 6. The Kier molecular flexibility index (Phi) is 5.48. The van der Waals surface area contributed by atoms with Crippen molar-refractivity contribution >= 4 is 33.6 Å². The number of carbonyl (C=O) groups is 1. The van der Waals surface area contributed by atoms with Gasteiger partial charge in [0.2, 0.25) is 0 Å². The van der Waals surface area contributed by atoms with E-state index in [1.807, 2.05) is 18.2 Å². The van der Waals surface area contributed by atoms with Crippen LogP contribution in [0.4, 0.5) is 24.0 Å². The Morgan fingerprint density at radius 3 is 2.58 bits per heavy atom. The molecule has 6 nitrogen and oxygen atoms in total. The van der Waals surface area contributed by atoms with Crippen molar-refractivity contribution in [3.05, 3.63) is 70.9 Å². The maximum atomic E-state index is 12.7. The number of hydrogen-bond acceptors (Lipinski definition) is 6. The third-order valence-corrected chi connectivity index (χ3v) is 5.98. The zero-order valence-corrected chi connectivity index (χ0v) is 17.5. The van der Waals surface area contributed by atoms with E-state index >= 15 is 0 Å². The van der Waals surface area contributed by atoms with E-state index in [0.29, 0.717) is 22.2 Å². The standard InChI is InChI=1S/C21H18F3N5OS/c1-12(7-17(30)16-11-29-13(2)8-26-19(29)10-25-16)18-9-27-20(31-18)28-15-5-3-14(4-6-15)21(22,23)24/h3-6,8-12H,7H2,1-2H3,(H,27,28).